The molecule has 2 rings (SSSR count). The molecule has 0 saturated heterocycles. The highest BCUT2D eigenvalue weighted by molar-refractivity contribution is 5.16. The van der Waals surface area contributed by atoms with E-state index in [4.69, 9.17) is 0 Å². The number of nitrogens with zero attached hydrogens (tertiary/aromatic N) is 3. The van der Waals surface area contributed by atoms with Gasteiger partial charge >= 0.3 is 5.69 Å². The van der Waals surface area contributed by atoms with Crippen molar-refractivity contribution in [1.29, 1.82) is 0 Å². The van der Waals surface area contributed by atoms with Crippen LogP contribution < -0.4 is 5.69 Å². The fourth-order valence-corrected chi connectivity index (χ4v) is 1.72. The highest BCUT2D eigenvalue weighted by Gasteiger charge is 2.02. The first-order chi connectivity index (χ1) is 7.70. The lowest BCUT2D eigenvalue weighted by atomic mass is 10.2. The molecule has 0 unspecified atom stereocenters. The molecule has 0 spiro atoms. The van der Waals surface area contributed by atoms with Crippen LogP contribution in [0.2, 0.25) is 0 Å². The third kappa shape index (κ3) is 2.05. The van der Waals surface area contributed by atoms with Crippen LogP contribution in [-0.4, -0.2) is 14.1 Å². The van der Waals surface area contributed by atoms with Crippen LogP contribution >= 0.6 is 0 Å². The van der Waals surface area contributed by atoms with Gasteiger partial charge in [0.15, 0.2) is 0 Å². The van der Waals surface area contributed by atoms with Crippen LogP contribution in [0.15, 0.2) is 35.6 Å². The fourth-order valence-electron chi connectivity index (χ4n) is 1.72. The first-order valence-electron chi connectivity index (χ1n) is 5.37. The first kappa shape index (κ1) is 10.7. The average Bonchev–Trinajstić information content (AvgIpc) is 2.60. The van der Waals surface area contributed by atoms with Crippen LogP contribution in [0, 0.1) is 6.92 Å². The van der Waals surface area contributed by atoms with E-state index in [2.05, 4.69) is 4.98 Å². The van der Waals surface area contributed by atoms with Crippen molar-refractivity contribution in [2.24, 2.45) is 0 Å². The monoisotopic (exact) mass is 217 g/mol. The second kappa shape index (κ2) is 4.35. The van der Waals surface area contributed by atoms with Crippen molar-refractivity contribution >= 4 is 0 Å². The summed E-state index contributed by atoms with van der Waals surface area (Å²) in [6.45, 7) is 5.24. The lowest BCUT2D eigenvalue weighted by Gasteiger charge is -2.02. The maximum atomic E-state index is 11.8. The van der Waals surface area contributed by atoms with Gasteiger partial charge in [0.25, 0.3) is 0 Å². The number of aromatic nitrogens is 3. The minimum absolute atomic E-state index is 0.0315. The maximum Gasteiger partial charge on any atom is 0.328 e. The van der Waals surface area contributed by atoms with Crippen LogP contribution in [0.4, 0.5) is 0 Å². The zero-order chi connectivity index (χ0) is 11.5. The summed E-state index contributed by atoms with van der Waals surface area (Å²) in [5, 5.41) is 0. The second-order valence-corrected chi connectivity index (χ2v) is 3.87. The van der Waals surface area contributed by atoms with Gasteiger partial charge in [-0.05, 0) is 25.0 Å². The minimum Gasteiger partial charge on any atom is -0.300 e. The van der Waals surface area contributed by atoms with Crippen LogP contribution in [0.3, 0.4) is 0 Å². The van der Waals surface area contributed by atoms with Gasteiger partial charge in [-0.15, -0.1) is 0 Å². The van der Waals surface area contributed by atoms with Gasteiger partial charge in [-0.25, -0.2) is 4.79 Å². The number of hydrogen-bond donors (Lipinski definition) is 0. The van der Waals surface area contributed by atoms with E-state index in [1.165, 1.54) is 0 Å². The molecular weight excluding hydrogens is 202 g/mol. The van der Waals surface area contributed by atoms with Gasteiger partial charge in [0.2, 0.25) is 0 Å². The van der Waals surface area contributed by atoms with E-state index in [1.54, 1.807) is 15.3 Å². The van der Waals surface area contributed by atoms with Gasteiger partial charge in [0, 0.05) is 31.3 Å². The van der Waals surface area contributed by atoms with Crippen molar-refractivity contribution in [3.63, 3.8) is 0 Å². The molecular formula is C12H15N3O. The predicted octanol–water partition coefficient (Wildman–Crippen LogP) is 1.42. The van der Waals surface area contributed by atoms with E-state index in [0.29, 0.717) is 13.1 Å². The van der Waals surface area contributed by atoms with Crippen LogP contribution in [-0.2, 0) is 13.1 Å². The number of pyridine rings is 1. The topological polar surface area (TPSA) is 39.8 Å². The molecule has 0 aliphatic rings. The summed E-state index contributed by atoms with van der Waals surface area (Å²) >= 11 is 0. The molecule has 4 nitrogen and oxygen atoms in total. The smallest absolute Gasteiger partial charge is 0.300 e. The number of rotatable bonds is 3. The van der Waals surface area contributed by atoms with Crippen molar-refractivity contribution < 1.29 is 0 Å². The van der Waals surface area contributed by atoms with Gasteiger partial charge in [-0.2, -0.15) is 0 Å². The summed E-state index contributed by atoms with van der Waals surface area (Å²) < 4.78 is 3.38. The van der Waals surface area contributed by atoms with E-state index >= 15 is 0 Å². The summed E-state index contributed by atoms with van der Waals surface area (Å²) in [5.41, 5.74) is 2.19. The molecule has 0 radical (unpaired) electrons. The third-order valence-corrected chi connectivity index (χ3v) is 2.54. The highest BCUT2D eigenvalue weighted by Crippen LogP contribution is 2.02. The minimum atomic E-state index is 0.0315. The maximum absolute atomic E-state index is 11.8. The summed E-state index contributed by atoms with van der Waals surface area (Å²) in [4.78, 5) is 15.9. The molecule has 0 amide bonds. The van der Waals surface area contributed by atoms with Gasteiger partial charge in [0.1, 0.15) is 0 Å². The number of hydrogen-bond acceptors (Lipinski definition) is 2. The largest absolute Gasteiger partial charge is 0.328 e. The van der Waals surface area contributed by atoms with Gasteiger partial charge in [0.05, 0.1) is 6.54 Å². The Morgan fingerprint density at radius 2 is 2.00 bits per heavy atom. The molecule has 0 aliphatic heterocycles. The number of imidazole rings is 1. The summed E-state index contributed by atoms with van der Waals surface area (Å²) in [6.07, 6.45) is 7.23. The standard InChI is InChI=1S/C12H15N3O/c1-3-14-4-5-15(12(14)16)9-11-6-10(2)7-13-8-11/h4-8H,3,9H2,1-2H3. The molecule has 0 aliphatic carbocycles. The van der Waals surface area contributed by atoms with Crippen molar-refractivity contribution in [1.82, 2.24) is 14.1 Å². The van der Waals surface area contributed by atoms with Crippen LogP contribution in [0.5, 0.6) is 0 Å². The molecule has 0 N–H and O–H groups in total. The molecule has 2 aromatic rings. The van der Waals surface area contributed by atoms with Crippen molar-refractivity contribution in [2.45, 2.75) is 26.9 Å². The Bertz CT molecular complexity index is 539. The summed E-state index contributed by atoms with van der Waals surface area (Å²) in [5.74, 6) is 0. The quantitative estimate of drug-likeness (QED) is 0.780. The zero-order valence-electron chi connectivity index (χ0n) is 9.55. The van der Waals surface area contributed by atoms with E-state index in [9.17, 15) is 4.79 Å². The molecule has 16 heavy (non-hydrogen) atoms. The van der Waals surface area contributed by atoms with Crippen molar-refractivity contribution in [3.8, 4) is 0 Å². The first-order valence-corrected chi connectivity index (χ1v) is 5.37. The predicted molar refractivity (Wildman–Crippen MR) is 62.4 cm³/mol. The highest BCUT2D eigenvalue weighted by atomic mass is 16.1. The third-order valence-electron chi connectivity index (χ3n) is 2.54. The Morgan fingerprint density at radius 3 is 2.62 bits per heavy atom. The molecule has 0 fully saturated rings. The Balaban J connectivity index is 2.27. The van der Waals surface area contributed by atoms with E-state index in [1.807, 2.05) is 38.5 Å². The fraction of sp³-hybridized carbons (Fsp3) is 0.333. The molecule has 84 valence electrons. The van der Waals surface area contributed by atoms with Gasteiger partial charge in [-0.3, -0.25) is 14.1 Å². The van der Waals surface area contributed by atoms with E-state index in [0.717, 1.165) is 11.1 Å². The van der Waals surface area contributed by atoms with Crippen LogP contribution in [0.1, 0.15) is 18.1 Å². The van der Waals surface area contributed by atoms with Gasteiger partial charge < -0.3 is 0 Å². The molecule has 2 heterocycles. The molecule has 4 heteroatoms. The number of aryl methyl sites for hydroxylation is 2. The Hall–Kier alpha value is -1.84. The summed E-state index contributed by atoms with van der Waals surface area (Å²) in [6, 6.07) is 2.04. The molecule has 0 aromatic carbocycles. The Kier molecular flexibility index (Phi) is 2.90. The molecule has 2 aromatic heterocycles. The Morgan fingerprint density at radius 1 is 1.25 bits per heavy atom. The molecule has 0 atom stereocenters. The normalized spacial score (nSPS) is 10.6. The van der Waals surface area contributed by atoms with Crippen molar-refractivity contribution in [2.75, 3.05) is 0 Å². The van der Waals surface area contributed by atoms with E-state index < -0.39 is 0 Å². The lowest BCUT2D eigenvalue weighted by molar-refractivity contribution is 0.667. The summed E-state index contributed by atoms with van der Waals surface area (Å²) in [7, 11) is 0. The Labute approximate surface area is 94.2 Å². The lowest BCUT2D eigenvalue weighted by Crippen LogP contribution is -2.23. The SMILES string of the molecule is CCn1ccn(Cc2cncc(C)c2)c1=O. The molecule has 0 bridgehead atoms. The zero-order valence-corrected chi connectivity index (χ0v) is 9.55. The average molecular weight is 217 g/mol. The second-order valence-electron chi connectivity index (χ2n) is 3.87. The van der Waals surface area contributed by atoms with E-state index in [-0.39, 0.29) is 5.69 Å². The van der Waals surface area contributed by atoms with Crippen molar-refractivity contribution in [3.05, 3.63) is 52.5 Å². The van der Waals surface area contributed by atoms with Gasteiger partial charge in [-0.1, -0.05) is 6.07 Å². The molecule has 0 saturated carbocycles. The van der Waals surface area contributed by atoms with Crippen LogP contribution in [0.25, 0.3) is 0 Å².